The zero-order chi connectivity index (χ0) is 24.5. The summed E-state index contributed by atoms with van der Waals surface area (Å²) in [7, 11) is 1.00. The normalized spacial score (nSPS) is 15.9. The van der Waals surface area contributed by atoms with E-state index in [1.807, 2.05) is 35.2 Å². The van der Waals surface area contributed by atoms with Gasteiger partial charge in [0.05, 0.1) is 10.2 Å². The van der Waals surface area contributed by atoms with Gasteiger partial charge in [-0.05, 0) is 36.3 Å². The quantitative estimate of drug-likeness (QED) is 0.444. The topological polar surface area (TPSA) is 90.4 Å². The highest BCUT2D eigenvalue weighted by molar-refractivity contribution is 7.22. The number of thiophene rings is 1. The van der Waals surface area contributed by atoms with Gasteiger partial charge in [-0.2, -0.15) is 0 Å². The highest BCUT2D eigenvalue weighted by Gasteiger charge is 2.24. The van der Waals surface area contributed by atoms with Crippen molar-refractivity contribution in [1.82, 2.24) is 20.2 Å². The van der Waals surface area contributed by atoms with E-state index in [4.69, 9.17) is 5.11 Å². The summed E-state index contributed by atoms with van der Waals surface area (Å²) in [6.45, 7) is 12.7. The zero-order valence-corrected chi connectivity index (χ0v) is 20.4. The van der Waals surface area contributed by atoms with Crippen molar-refractivity contribution in [1.29, 1.82) is 0 Å². The number of allylic oxidation sites excluding steroid dienone is 2. The van der Waals surface area contributed by atoms with Gasteiger partial charge >= 0.3 is 0 Å². The second kappa shape index (κ2) is 12.2. The number of carbonyl (C=O) groups is 1. The van der Waals surface area contributed by atoms with Gasteiger partial charge in [-0.25, -0.2) is 9.97 Å². The number of piperazine rings is 1. The molecule has 1 aliphatic heterocycles. The first kappa shape index (κ1) is 25.3. The molecule has 0 radical (unpaired) electrons. The number of benzene rings is 1. The molecule has 3 N–H and O–H groups in total. The fraction of sp³-hybridized carbons (Fsp3) is 0.269. The third-order valence-corrected chi connectivity index (χ3v) is 6.72. The summed E-state index contributed by atoms with van der Waals surface area (Å²) in [4.78, 5) is 24.8. The fourth-order valence-electron chi connectivity index (χ4n) is 3.74. The van der Waals surface area contributed by atoms with Gasteiger partial charge < -0.3 is 20.6 Å². The fourth-order valence-corrected chi connectivity index (χ4v) is 4.83. The monoisotopic (exact) mass is 477 g/mol. The van der Waals surface area contributed by atoms with Gasteiger partial charge in [0.1, 0.15) is 12.1 Å². The van der Waals surface area contributed by atoms with Crippen LogP contribution >= 0.6 is 11.3 Å². The Morgan fingerprint density at radius 3 is 2.74 bits per heavy atom. The number of nitrogens with zero attached hydrogens (tertiary/aromatic N) is 3. The van der Waals surface area contributed by atoms with Crippen LogP contribution in [0.1, 0.15) is 17.3 Å². The Morgan fingerprint density at radius 2 is 2.06 bits per heavy atom. The molecule has 3 heterocycles. The van der Waals surface area contributed by atoms with Crippen LogP contribution in [0.3, 0.4) is 0 Å². The minimum absolute atomic E-state index is 0.0878. The first-order chi connectivity index (χ1) is 16.6. The third kappa shape index (κ3) is 5.77. The smallest absolute Gasteiger partial charge is 0.254 e. The Balaban J connectivity index is 0.00000158. The van der Waals surface area contributed by atoms with Crippen molar-refractivity contribution in [2.45, 2.75) is 13.0 Å². The minimum atomic E-state index is 0.0878. The van der Waals surface area contributed by atoms with E-state index in [9.17, 15) is 4.79 Å². The lowest BCUT2D eigenvalue weighted by atomic mass is 10.1. The summed E-state index contributed by atoms with van der Waals surface area (Å²) in [6, 6.07) is 10.1. The molecule has 0 aliphatic carbocycles. The Kier molecular flexibility index (Phi) is 9.09. The van der Waals surface area contributed by atoms with Crippen LogP contribution in [-0.2, 0) is 0 Å². The predicted octanol–water partition coefficient (Wildman–Crippen LogP) is 4.11. The highest BCUT2D eigenvalue weighted by atomic mass is 32.1. The van der Waals surface area contributed by atoms with Crippen LogP contribution in [0.5, 0.6) is 0 Å². The molecule has 178 valence electrons. The average molecular weight is 478 g/mol. The summed E-state index contributed by atoms with van der Waals surface area (Å²) in [5.41, 5.74) is 3.70. The van der Waals surface area contributed by atoms with Gasteiger partial charge in [-0.1, -0.05) is 43.5 Å². The van der Waals surface area contributed by atoms with Crippen molar-refractivity contribution in [2.24, 2.45) is 0 Å². The molecule has 2 aromatic heterocycles. The Hall–Kier alpha value is -3.33. The van der Waals surface area contributed by atoms with E-state index in [0.29, 0.717) is 6.54 Å². The van der Waals surface area contributed by atoms with Gasteiger partial charge in [0.2, 0.25) is 0 Å². The number of aliphatic hydroxyl groups excluding tert-OH is 1. The molecular formula is C26H31N5O2S. The molecule has 1 aliphatic rings. The SMILES string of the molecule is C=C/C=C(\C=C)CNc1ncnc2cc(-c3ccc(C(=O)N4CCNCC4C)cc3)sc12.CO. The summed E-state index contributed by atoms with van der Waals surface area (Å²) in [5.74, 6) is 0.882. The van der Waals surface area contributed by atoms with E-state index in [2.05, 4.69) is 46.7 Å². The maximum absolute atomic E-state index is 12.9. The Labute approximate surface area is 204 Å². The molecule has 1 saturated heterocycles. The lowest BCUT2D eigenvalue weighted by Crippen LogP contribution is -2.52. The molecule has 0 saturated carbocycles. The minimum Gasteiger partial charge on any atom is -0.400 e. The van der Waals surface area contributed by atoms with Crippen LogP contribution in [-0.4, -0.2) is 65.2 Å². The number of anilines is 1. The lowest BCUT2D eigenvalue weighted by molar-refractivity contribution is 0.0656. The van der Waals surface area contributed by atoms with Gasteiger partial charge in [0.25, 0.3) is 5.91 Å². The number of amides is 1. The number of nitrogens with one attached hydrogen (secondary N) is 2. The van der Waals surface area contributed by atoms with Crippen molar-refractivity contribution < 1.29 is 9.90 Å². The zero-order valence-electron chi connectivity index (χ0n) is 19.6. The van der Waals surface area contributed by atoms with E-state index in [-0.39, 0.29) is 11.9 Å². The maximum Gasteiger partial charge on any atom is 0.254 e. The van der Waals surface area contributed by atoms with Crippen LogP contribution in [0.4, 0.5) is 5.82 Å². The molecule has 1 atom stereocenters. The predicted molar refractivity (Wildman–Crippen MR) is 141 cm³/mol. The van der Waals surface area contributed by atoms with Gasteiger partial charge in [-0.15, -0.1) is 11.3 Å². The number of carbonyl (C=O) groups excluding carboxylic acids is 1. The molecule has 7 nitrogen and oxygen atoms in total. The number of aliphatic hydroxyl groups is 1. The molecule has 1 amide bonds. The summed E-state index contributed by atoms with van der Waals surface area (Å²) in [5, 5.41) is 13.7. The largest absolute Gasteiger partial charge is 0.400 e. The van der Waals surface area contributed by atoms with Crippen LogP contribution in [0.25, 0.3) is 20.7 Å². The van der Waals surface area contributed by atoms with Crippen molar-refractivity contribution in [3.63, 3.8) is 0 Å². The van der Waals surface area contributed by atoms with Crippen LogP contribution in [0.15, 0.2) is 73.6 Å². The summed E-state index contributed by atoms with van der Waals surface area (Å²) < 4.78 is 0.999. The van der Waals surface area contributed by atoms with Crippen molar-refractivity contribution in [2.75, 3.05) is 38.6 Å². The van der Waals surface area contributed by atoms with Crippen LogP contribution in [0.2, 0.25) is 0 Å². The van der Waals surface area contributed by atoms with E-state index in [0.717, 1.165) is 64.4 Å². The third-order valence-electron chi connectivity index (χ3n) is 5.54. The number of fused-ring (bicyclic) bond motifs is 1. The number of aromatic nitrogens is 2. The Morgan fingerprint density at radius 1 is 1.29 bits per heavy atom. The second-order valence-electron chi connectivity index (χ2n) is 7.71. The van der Waals surface area contributed by atoms with Crippen molar-refractivity contribution >= 4 is 33.3 Å². The first-order valence-electron chi connectivity index (χ1n) is 11.1. The van der Waals surface area contributed by atoms with E-state index in [1.165, 1.54) is 0 Å². The van der Waals surface area contributed by atoms with Crippen molar-refractivity contribution in [3.05, 3.63) is 79.2 Å². The van der Waals surface area contributed by atoms with Gasteiger partial charge in [0.15, 0.2) is 0 Å². The Bertz CT molecular complexity index is 1170. The molecule has 34 heavy (non-hydrogen) atoms. The molecule has 0 spiro atoms. The molecular weight excluding hydrogens is 446 g/mol. The van der Waals surface area contributed by atoms with Gasteiger partial charge in [0, 0.05) is 49.8 Å². The standard InChI is InChI=1S/C25H27N5OS.CH4O/c1-4-6-18(5-2)15-27-24-23-21(28-16-29-24)13-22(32-23)19-7-9-20(10-8-19)25(31)30-12-11-26-14-17(30)3;1-2/h4-10,13,16-17,26H,1-2,11-12,14-15H2,3H3,(H,27,28,29);2H,1H3/b18-6+;. The van der Waals surface area contributed by atoms with Crippen LogP contribution in [0, 0.1) is 0 Å². The average Bonchev–Trinajstić information content (AvgIpc) is 3.33. The van der Waals surface area contributed by atoms with E-state index >= 15 is 0 Å². The molecule has 3 aromatic rings. The lowest BCUT2D eigenvalue weighted by Gasteiger charge is -2.34. The number of rotatable bonds is 7. The molecule has 0 bridgehead atoms. The molecule has 4 rings (SSSR count). The number of hydrogen-bond acceptors (Lipinski definition) is 7. The number of hydrogen-bond donors (Lipinski definition) is 3. The highest BCUT2D eigenvalue weighted by Crippen LogP contribution is 2.35. The van der Waals surface area contributed by atoms with Gasteiger partial charge in [-0.3, -0.25) is 4.79 Å². The van der Waals surface area contributed by atoms with Crippen molar-refractivity contribution in [3.8, 4) is 10.4 Å². The maximum atomic E-state index is 12.9. The first-order valence-corrected chi connectivity index (χ1v) is 11.9. The van der Waals surface area contributed by atoms with E-state index in [1.54, 1.807) is 29.8 Å². The van der Waals surface area contributed by atoms with Crippen LogP contribution < -0.4 is 10.6 Å². The summed E-state index contributed by atoms with van der Waals surface area (Å²) >= 11 is 1.64. The summed E-state index contributed by atoms with van der Waals surface area (Å²) in [6.07, 6.45) is 7.04. The molecule has 1 fully saturated rings. The van der Waals surface area contributed by atoms with E-state index < -0.39 is 0 Å². The molecule has 8 heteroatoms. The molecule has 1 aromatic carbocycles. The molecule has 1 unspecified atom stereocenters. The second-order valence-corrected chi connectivity index (χ2v) is 8.76.